The Morgan fingerprint density at radius 1 is 1.14 bits per heavy atom. The van der Waals surface area contributed by atoms with E-state index in [0.29, 0.717) is 6.42 Å². The highest BCUT2D eigenvalue weighted by Gasteiger charge is 2.26. The second kappa shape index (κ2) is 7.59. The van der Waals surface area contributed by atoms with Gasteiger partial charge >= 0.3 is 0 Å². The van der Waals surface area contributed by atoms with Crippen molar-refractivity contribution >= 4 is 50.6 Å². The molecule has 2 aliphatic heterocycles. The average molecular weight is 427 g/mol. The minimum atomic E-state index is 0.138. The van der Waals surface area contributed by atoms with Gasteiger partial charge in [0.25, 0.3) is 0 Å². The number of carbonyl (C=O) groups is 1. The number of carbonyl (C=O) groups excluding carboxylic acids is 1. The first-order valence-corrected chi connectivity index (χ1v) is 11.1. The maximum Gasteiger partial charge on any atom is 0.231 e. The van der Waals surface area contributed by atoms with E-state index in [1.165, 1.54) is 10.1 Å². The number of anilines is 2. The van der Waals surface area contributed by atoms with Crippen molar-refractivity contribution in [1.82, 2.24) is 9.27 Å². The zero-order valence-corrected chi connectivity index (χ0v) is 18.0. The van der Waals surface area contributed by atoms with Crippen molar-refractivity contribution < 1.29 is 4.79 Å². The lowest BCUT2D eigenvalue weighted by atomic mass is 10.1. The van der Waals surface area contributed by atoms with E-state index in [4.69, 9.17) is 16.0 Å². The third kappa shape index (κ3) is 3.50. The van der Waals surface area contributed by atoms with E-state index in [1.807, 2.05) is 13.1 Å². The van der Waals surface area contributed by atoms with E-state index in [9.17, 15) is 4.79 Å². The number of benzene rings is 2. The van der Waals surface area contributed by atoms with Crippen LogP contribution < -0.4 is 9.80 Å². The molecule has 0 atom stereocenters. The van der Waals surface area contributed by atoms with Gasteiger partial charge in [0.05, 0.1) is 11.1 Å². The van der Waals surface area contributed by atoms with E-state index in [0.717, 1.165) is 66.8 Å². The predicted octanol–water partition coefficient (Wildman–Crippen LogP) is 3.83. The zero-order valence-electron chi connectivity index (χ0n) is 16.4. The molecule has 3 heterocycles. The molecule has 1 amide bonds. The Labute approximate surface area is 179 Å². The van der Waals surface area contributed by atoms with Crippen molar-refractivity contribution in [2.24, 2.45) is 0 Å². The first kappa shape index (κ1) is 18.9. The Balaban J connectivity index is 1.21. The molecule has 5 rings (SSSR count). The number of rotatable bonds is 4. The molecule has 0 N–H and O–H groups in total. The summed E-state index contributed by atoms with van der Waals surface area (Å²) in [7, 11) is 1.81. The summed E-state index contributed by atoms with van der Waals surface area (Å²) in [6.45, 7) is 5.01. The van der Waals surface area contributed by atoms with Crippen molar-refractivity contribution in [1.29, 1.82) is 0 Å². The number of amides is 1. The maximum absolute atomic E-state index is 11.9. The van der Waals surface area contributed by atoms with Crippen LogP contribution in [0.25, 0.3) is 10.1 Å². The van der Waals surface area contributed by atoms with Gasteiger partial charge in [-0.05, 0) is 47.3 Å². The molecule has 0 aliphatic carbocycles. The largest absolute Gasteiger partial charge is 0.353 e. The van der Waals surface area contributed by atoms with E-state index in [1.54, 1.807) is 16.4 Å². The van der Waals surface area contributed by atoms with E-state index in [2.05, 4.69) is 40.1 Å². The van der Waals surface area contributed by atoms with Crippen LogP contribution in [0, 0.1) is 0 Å². The summed E-state index contributed by atoms with van der Waals surface area (Å²) in [6.07, 6.45) is 1.39. The molecule has 2 aromatic carbocycles. The fraction of sp³-hybridized carbons (Fsp3) is 0.364. The highest BCUT2D eigenvalue weighted by atomic mass is 35.5. The van der Waals surface area contributed by atoms with Crippen molar-refractivity contribution in [2.45, 2.75) is 12.8 Å². The Bertz CT molecular complexity index is 1070. The highest BCUT2D eigenvalue weighted by molar-refractivity contribution is 7.13. The minimum Gasteiger partial charge on any atom is -0.353 e. The lowest BCUT2D eigenvalue weighted by molar-refractivity contribution is -0.117. The van der Waals surface area contributed by atoms with Crippen LogP contribution in [0.5, 0.6) is 0 Å². The van der Waals surface area contributed by atoms with Gasteiger partial charge < -0.3 is 9.80 Å². The van der Waals surface area contributed by atoms with Crippen LogP contribution >= 0.6 is 23.1 Å². The number of piperazine rings is 1. The van der Waals surface area contributed by atoms with Crippen LogP contribution in [0.4, 0.5) is 11.5 Å². The topological polar surface area (TPSA) is 39.7 Å². The summed E-state index contributed by atoms with van der Waals surface area (Å²) in [5.74, 6) is 1.26. The molecule has 0 bridgehead atoms. The van der Waals surface area contributed by atoms with Gasteiger partial charge in [-0.25, -0.2) is 0 Å². The summed E-state index contributed by atoms with van der Waals surface area (Å²) in [5.41, 5.74) is 3.19. The lowest BCUT2D eigenvalue weighted by Crippen LogP contribution is -2.47. The molecule has 150 valence electrons. The lowest BCUT2D eigenvalue weighted by Gasteiger charge is -2.35. The number of hydrogen-bond donors (Lipinski definition) is 0. The number of fused-ring (bicyclic) bond motifs is 2. The summed E-state index contributed by atoms with van der Waals surface area (Å²) in [4.78, 5) is 18.5. The second-order valence-electron chi connectivity index (χ2n) is 7.78. The molecular formula is C22H23ClN4OS. The maximum atomic E-state index is 11.9. The molecule has 0 unspecified atom stereocenters. The van der Waals surface area contributed by atoms with Gasteiger partial charge in [-0.3, -0.25) is 9.69 Å². The van der Waals surface area contributed by atoms with Crippen molar-refractivity contribution in [3.05, 3.63) is 52.5 Å². The predicted molar refractivity (Wildman–Crippen MR) is 121 cm³/mol. The van der Waals surface area contributed by atoms with Gasteiger partial charge in [0.1, 0.15) is 5.82 Å². The van der Waals surface area contributed by atoms with Crippen LogP contribution in [0.2, 0.25) is 5.02 Å². The molecule has 1 saturated heterocycles. The van der Waals surface area contributed by atoms with Crippen LogP contribution in [0.3, 0.4) is 0 Å². The normalized spacial score (nSPS) is 17.4. The molecule has 0 radical (unpaired) electrons. The SMILES string of the molecule is CN1C(=O)Cc2cc(CCN3CCN(c4nsc5ccccc45)CC3)c(Cl)cc21. The first-order valence-electron chi connectivity index (χ1n) is 10.00. The van der Waals surface area contributed by atoms with Gasteiger partial charge in [0.15, 0.2) is 0 Å². The molecule has 5 nitrogen and oxygen atoms in total. The molecule has 1 fully saturated rings. The van der Waals surface area contributed by atoms with Crippen LogP contribution in [-0.4, -0.2) is 55.0 Å². The van der Waals surface area contributed by atoms with Gasteiger partial charge in [-0.15, -0.1) is 0 Å². The van der Waals surface area contributed by atoms with Crippen LogP contribution in [-0.2, 0) is 17.6 Å². The molecule has 29 heavy (non-hydrogen) atoms. The van der Waals surface area contributed by atoms with Gasteiger partial charge in [0.2, 0.25) is 5.91 Å². The molecule has 0 spiro atoms. The molecular weight excluding hydrogens is 404 g/mol. The third-order valence-electron chi connectivity index (χ3n) is 6.05. The van der Waals surface area contributed by atoms with E-state index in [-0.39, 0.29) is 5.91 Å². The molecule has 7 heteroatoms. The summed E-state index contributed by atoms with van der Waals surface area (Å²) in [5, 5.41) is 2.02. The van der Waals surface area contributed by atoms with E-state index < -0.39 is 0 Å². The molecule has 1 aromatic heterocycles. The Kier molecular flexibility index (Phi) is 4.94. The molecule has 3 aromatic rings. The standard InChI is InChI=1S/C22H23ClN4OS/c1-25-19-14-18(23)15(12-16(19)13-21(25)28)6-7-26-8-10-27(11-9-26)22-17-4-2-3-5-20(17)29-24-22/h2-5,12,14H,6-11,13H2,1H3. The zero-order chi connectivity index (χ0) is 20.0. The number of halogens is 1. The van der Waals surface area contributed by atoms with Crippen molar-refractivity contribution in [3.8, 4) is 0 Å². The monoisotopic (exact) mass is 426 g/mol. The van der Waals surface area contributed by atoms with Crippen LogP contribution in [0.15, 0.2) is 36.4 Å². The highest BCUT2D eigenvalue weighted by Crippen LogP contribution is 2.33. The fourth-order valence-corrected chi connectivity index (χ4v) is 5.33. The minimum absolute atomic E-state index is 0.138. The average Bonchev–Trinajstić information content (AvgIpc) is 3.28. The molecule has 2 aliphatic rings. The third-order valence-corrected chi connectivity index (χ3v) is 7.22. The quantitative estimate of drug-likeness (QED) is 0.635. The fourth-order valence-electron chi connectivity index (χ4n) is 4.28. The second-order valence-corrected chi connectivity index (χ2v) is 9.00. The Hall–Kier alpha value is -2.15. The van der Waals surface area contributed by atoms with E-state index >= 15 is 0 Å². The van der Waals surface area contributed by atoms with Crippen molar-refractivity contribution in [2.75, 3.05) is 49.6 Å². The van der Waals surface area contributed by atoms with Gasteiger partial charge in [-0.2, -0.15) is 4.37 Å². The number of nitrogens with zero attached hydrogens (tertiary/aromatic N) is 4. The Morgan fingerprint density at radius 2 is 1.93 bits per heavy atom. The summed E-state index contributed by atoms with van der Waals surface area (Å²) in [6, 6.07) is 12.5. The Morgan fingerprint density at radius 3 is 2.76 bits per heavy atom. The number of aromatic nitrogens is 1. The van der Waals surface area contributed by atoms with Crippen LogP contribution in [0.1, 0.15) is 11.1 Å². The first-order chi connectivity index (χ1) is 14.1. The number of likely N-dealkylation sites (N-methyl/N-ethyl adjacent to an activating group) is 1. The summed E-state index contributed by atoms with van der Waals surface area (Å²) >= 11 is 8.09. The van der Waals surface area contributed by atoms with Crippen molar-refractivity contribution in [3.63, 3.8) is 0 Å². The molecule has 0 saturated carbocycles. The van der Waals surface area contributed by atoms with Gasteiger partial charge in [-0.1, -0.05) is 29.8 Å². The number of hydrogen-bond acceptors (Lipinski definition) is 5. The van der Waals surface area contributed by atoms with Gasteiger partial charge in [0, 0.05) is 55.9 Å². The smallest absolute Gasteiger partial charge is 0.231 e. The summed E-state index contributed by atoms with van der Waals surface area (Å²) < 4.78 is 5.95.